The van der Waals surface area contributed by atoms with Crippen LogP contribution in [0.4, 0.5) is 0 Å². The van der Waals surface area contributed by atoms with E-state index in [0.717, 1.165) is 11.1 Å². The van der Waals surface area contributed by atoms with Gasteiger partial charge >= 0.3 is 0 Å². The van der Waals surface area contributed by atoms with Gasteiger partial charge in [0.25, 0.3) is 0 Å². The van der Waals surface area contributed by atoms with Crippen molar-refractivity contribution in [2.75, 3.05) is 7.05 Å². The number of furan rings is 1. The van der Waals surface area contributed by atoms with E-state index in [0.29, 0.717) is 18.1 Å². The largest absolute Gasteiger partial charge is 0.464 e. The van der Waals surface area contributed by atoms with E-state index in [1.165, 1.54) is 10.4 Å². The Balaban J connectivity index is 2.28. The minimum absolute atomic E-state index is 0.179. The summed E-state index contributed by atoms with van der Waals surface area (Å²) in [4.78, 5) is 0.179. The molecule has 0 aliphatic rings. The van der Waals surface area contributed by atoms with Crippen LogP contribution in [-0.2, 0) is 23.1 Å². The molecule has 6 heteroatoms. The number of rotatable bonds is 5. The van der Waals surface area contributed by atoms with Crippen molar-refractivity contribution in [3.8, 4) is 0 Å². The molecule has 0 unspecified atom stereocenters. The van der Waals surface area contributed by atoms with E-state index in [9.17, 15) is 8.42 Å². The maximum atomic E-state index is 12.6. The third kappa shape index (κ3) is 3.34. The molecular formula is C15H20N2O3S. The molecule has 0 spiro atoms. The van der Waals surface area contributed by atoms with Crippen LogP contribution in [0, 0.1) is 13.8 Å². The molecule has 2 aromatic rings. The second kappa shape index (κ2) is 6.01. The van der Waals surface area contributed by atoms with Crippen LogP contribution in [0.15, 0.2) is 39.6 Å². The first kappa shape index (κ1) is 15.8. The molecule has 0 fully saturated rings. The van der Waals surface area contributed by atoms with Crippen molar-refractivity contribution < 1.29 is 12.8 Å². The number of sulfonamides is 1. The van der Waals surface area contributed by atoms with E-state index in [2.05, 4.69) is 0 Å². The summed E-state index contributed by atoms with van der Waals surface area (Å²) in [6, 6.07) is 9.27. The highest BCUT2D eigenvalue weighted by Gasteiger charge is 2.26. The molecule has 1 heterocycles. The second-order valence-corrected chi connectivity index (χ2v) is 7.10. The van der Waals surface area contributed by atoms with Crippen molar-refractivity contribution in [3.05, 3.63) is 53.0 Å². The van der Waals surface area contributed by atoms with Gasteiger partial charge < -0.3 is 10.2 Å². The first-order chi connectivity index (χ1) is 9.84. The van der Waals surface area contributed by atoms with Crippen LogP contribution in [0.3, 0.4) is 0 Å². The van der Waals surface area contributed by atoms with Gasteiger partial charge in [0.1, 0.15) is 16.4 Å². The molecule has 1 aromatic carbocycles. The summed E-state index contributed by atoms with van der Waals surface area (Å²) in [5.74, 6) is 0.835. The third-order valence-corrected chi connectivity index (χ3v) is 5.21. The standard InChI is InChI=1S/C15H20N2O3S/c1-11-5-4-6-13(7-11)10-17(3)21(18,19)15-8-14(9-16)20-12(15)2/h4-8H,9-10,16H2,1-3H3. The molecule has 0 amide bonds. The van der Waals surface area contributed by atoms with Gasteiger partial charge in [0.05, 0.1) is 6.54 Å². The van der Waals surface area contributed by atoms with Crippen molar-refractivity contribution in [2.45, 2.75) is 31.8 Å². The average Bonchev–Trinajstić information content (AvgIpc) is 2.80. The zero-order chi connectivity index (χ0) is 15.6. The predicted molar refractivity (Wildman–Crippen MR) is 81.2 cm³/mol. The summed E-state index contributed by atoms with van der Waals surface area (Å²) in [6.07, 6.45) is 0. The van der Waals surface area contributed by atoms with Crippen molar-refractivity contribution in [2.24, 2.45) is 5.73 Å². The van der Waals surface area contributed by atoms with E-state index in [1.807, 2.05) is 31.2 Å². The Hall–Kier alpha value is -1.63. The van der Waals surface area contributed by atoms with Gasteiger partial charge in [-0.05, 0) is 19.4 Å². The highest BCUT2D eigenvalue weighted by Crippen LogP contribution is 2.24. The zero-order valence-electron chi connectivity index (χ0n) is 12.5. The number of nitrogens with zero attached hydrogens (tertiary/aromatic N) is 1. The van der Waals surface area contributed by atoms with E-state index in [1.54, 1.807) is 14.0 Å². The molecule has 2 N–H and O–H groups in total. The van der Waals surface area contributed by atoms with Crippen LogP contribution in [0.5, 0.6) is 0 Å². The molecule has 1 aromatic heterocycles. The van der Waals surface area contributed by atoms with Gasteiger partial charge in [-0.2, -0.15) is 4.31 Å². The van der Waals surface area contributed by atoms with Crippen molar-refractivity contribution in [1.29, 1.82) is 0 Å². The van der Waals surface area contributed by atoms with Crippen molar-refractivity contribution in [1.82, 2.24) is 4.31 Å². The minimum Gasteiger partial charge on any atom is -0.464 e. The Kier molecular flexibility index (Phi) is 4.51. The van der Waals surface area contributed by atoms with Crippen LogP contribution in [-0.4, -0.2) is 19.8 Å². The molecule has 21 heavy (non-hydrogen) atoms. The molecule has 0 saturated carbocycles. The highest BCUT2D eigenvalue weighted by molar-refractivity contribution is 7.89. The lowest BCUT2D eigenvalue weighted by Crippen LogP contribution is -2.26. The summed E-state index contributed by atoms with van der Waals surface area (Å²) in [5.41, 5.74) is 7.54. The smallest absolute Gasteiger partial charge is 0.246 e. The van der Waals surface area contributed by atoms with E-state index >= 15 is 0 Å². The van der Waals surface area contributed by atoms with Crippen LogP contribution in [0.1, 0.15) is 22.6 Å². The molecule has 114 valence electrons. The molecule has 0 bridgehead atoms. The van der Waals surface area contributed by atoms with Gasteiger partial charge in [0.15, 0.2) is 0 Å². The Bertz CT molecular complexity index is 735. The van der Waals surface area contributed by atoms with Gasteiger partial charge in [0, 0.05) is 19.7 Å². The minimum atomic E-state index is -3.59. The summed E-state index contributed by atoms with van der Waals surface area (Å²) >= 11 is 0. The maximum absolute atomic E-state index is 12.6. The molecule has 2 rings (SSSR count). The molecule has 5 nitrogen and oxygen atoms in total. The fraction of sp³-hybridized carbons (Fsp3) is 0.333. The van der Waals surface area contributed by atoms with Crippen LogP contribution in [0.25, 0.3) is 0 Å². The first-order valence-electron chi connectivity index (χ1n) is 6.66. The van der Waals surface area contributed by atoms with Crippen LogP contribution in [0.2, 0.25) is 0 Å². The van der Waals surface area contributed by atoms with E-state index in [-0.39, 0.29) is 11.4 Å². The first-order valence-corrected chi connectivity index (χ1v) is 8.10. The topological polar surface area (TPSA) is 76.5 Å². The summed E-state index contributed by atoms with van der Waals surface area (Å²) in [6.45, 7) is 4.10. The zero-order valence-corrected chi connectivity index (χ0v) is 13.3. The Morgan fingerprint density at radius 2 is 1.95 bits per heavy atom. The lowest BCUT2D eigenvalue weighted by molar-refractivity contribution is 0.456. The fourth-order valence-electron chi connectivity index (χ4n) is 2.20. The molecule has 0 aliphatic heterocycles. The lowest BCUT2D eigenvalue weighted by Gasteiger charge is -2.17. The molecule has 0 aliphatic carbocycles. The molecular weight excluding hydrogens is 288 g/mol. The molecule has 0 atom stereocenters. The number of nitrogens with two attached hydrogens (primary N) is 1. The highest BCUT2D eigenvalue weighted by atomic mass is 32.2. The maximum Gasteiger partial charge on any atom is 0.246 e. The molecule has 0 saturated heterocycles. The van der Waals surface area contributed by atoms with Gasteiger partial charge in [-0.1, -0.05) is 29.8 Å². The van der Waals surface area contributed by atoms with Gasteiger partial charge in [0.2, 0.25) is 10.0 Å². The Morgan fingerprint density at radius 1 is 1.24 bits per heavy atom. The fourth-order valence-corrected chi connectivity index (χ4v) is 3.54. The van der Waals surface area contributed by atoms with Crippen molar-refractivity contribution in [3.63, 3.8) is 0 Å². The number of aryl methyl sites for hydroxylation is 2. The average molecular weight is 308 g/mol. The van der Waals surface area contributed by atoms with Gasteiger partial charge in [-0.15, -0.1) is 0 Å². The Morgan fingerprint density at radius 3 is 2.52 bits per heavy atom. The SMILES string of the molecule is Cc1cccc(CN(C)S(=O)(=O)c2cc(CN)oc2C)c1. The number of hydrogen-bond donors (Lipinski definition) is 1. The number of hydrogen-bond acceptors (Lipinski definition) is 4. The van der Waals surface area contributed by atoms with E-state index in [4.69, 9.17) is 10.2 Å². The van der Waals surface area contributed by atoms with Gasteiger partial charge in [-0.3, -0.25) is 0 Å². The van der Waals surface area contributed by atoms with Crippen LogP contribution < -0.4 is 5.73 Å². The normalized spacial score (nSPS) is 12.0. The molecule has 0 radical (unpaired) electrons. The second-order valence-electron chi connectivity index (χ2n) is 5.09. The monoisotopic (exact) mass is 308 g/mol. The number of benzene rings is 1. The predicted octanol–water partition coefficient (Wildman–Crippen LogP) is 2.18. The van der Waals surface area contributed by atoms with Crippen molar-refractivity contribution >= 4 is 10.0 Å². The quantitative estimate of drug-likeness (QED) is 0.918. The van der Waals surface area contributed by atoms with E-state index < -0.39 is 10.0 Å². The summed E-state index contributed by atoms with van der Waals surface area (Å²) in [7, 11) is -2.02. The summed E-state index contributed by atoms with van der Waals surface area (Å²) < 4.78 is 31.9. The van der Waals surface area contributed by atoms with Crippen LogP contribution >= 0.6 is 0 Å². The van der Waals surface area contributed by atoms with Gasteiger partial charge in [-0.25, -0.2) is 8.42 Å². The Labute approximate surface area is 125 Å². The lowest BCUT2D eigenvalue weighted by atomic mass is 10.1. The third-order valence-electron chi connectivity index (χ3n) is 3.30. The summed E-state index contributed by atoms with van der Waals surface area (Å²) in [5, 5.41) is 0.